The minimum atomic E-state index is -0.588. The Morgan fingerprint density at radius 2 is 2.11 bits per heavy atom. The highest BCUT2D eigenvalue weighted by molar-refractivity contribution is 6.32. The fourth-order valence-electron chi connectivity index (χ4n) is 2.30. The van der Waals surface area contributed by atoms with Crippen molar-refractivity contribution in [1.82, 2.24) is 5.16 Å². The van der Waals surface area contributed by atoms with Gasteiger partial charge < -0.3 is 9.26 Å². The van der Waals surface area contributed by atoms with Gasteiger partial charge in [0.2, 0.25) is 5.22 Å². The number of methoxy groups -OCH3 is 1. The maximum absolute atomic E-state index is 12.0. The number of hydrogen-bond donors (Lipinski definition) is 0. The van der Waals surface area contributed by atoms with E-state index in [9.17, 15) is 9.59 Å². The first-order valence-electron chi connectivity index (χ1n) is 5.88. The monoisotopic (exact) mass is 271 g/mol. The molecule has 0 N–H and O–H groups in total. The van der Waals surface area contributed by atoms with Gasteiger partial charge in [-0.25, -0.2) is 0 Å². The van der Waals surface area contributed by atoms with Crippen LogP contribution in [0.25, 0.3) is 0 Å². The molecule has 6 heteroatoms. The highest BCUT2D eigenvalue weighted by Gasteiger charge is 2.30. The molecule has 0 bridgehead atoms. The van der Waals surface area contributed by atoms with Gasteiger partial charge >= 0.3 is 5.97 Å². The van der Waals surface area contributed by atoms with Gasteiger partial charge in [-0.2, -0.15) is 0 Å². The quantitative estimate of drug-likeness (QED) is 0.478. The molecule has 2 rings (SSSR count). The predicted octanol–water partition coefficient (Wildman–Crippen LogP) is 2.73. The van der Waals surface area contributed by atoms with Gasteiger partial charge in [-0.3, -0.25) is 9.59 Å². The normalized spacial score (nSPS) is 15.9. The van der Waals surface area contributed by atoms with Gasteiger partial charge in [0.05, 0.1) is 12.8 Å². The molecule has 0 saturated heterocycles. The summed E-state index contributed by atoms with van der Waals surface area (Å²) in [6.45, 7) is 0. The Balaban J connectivity index is 2.23. The van der Waals surface area contributed by atoms with Crippen LogP contribution in [-0.4, -0.2) is 24.0 Å². The second kappa shape index (κ2) is 5.52. The Morgan fingerprint density at radius 3 is 2.72 bits per heavy atom. The number of halogens is 1. The minimum Gasteiger partial charge on any atom is -0.469 e. The molecule has 0 unspecified atom stereocenters. The van der Waals surface area contributed by atoms with Crippen molar-refractivity contribution in [2.45, 2.75) is 38.0 Å². The summed E-state index contributed by atoms with van der Waals surface area (Å²) in [4.78, 5) is 23.1. The van der Waals surface area contributed by atoms with Gasteiger partial charge in [-0.05, 0) is 24.4 Å². The molecule has 1 aromatic heterocycles. The molecule has 1 aliphatic carbocycles. The second-order valence-corrected chi connectivity index (χ2v) is 4.72. The Bertz CT molecular complexity index is 463. The van der Waals surface area contributed by atoms with Crippen LogP contribution in [0, 0.1) is 0 Å². The highest BCUT2D eigenvalue weighted by Crippen LogP contribution is 2.37. The Morgan fingerprint density at radius 1 is 1.44 bits per heavy atom. The lowest BCUT2D eigenvalue weighted by Gasteiger charge is -2.06. The first-order chi connectivity index (χ1) is 8.63. The average molecular weight is 272 g/mol. The third kappa shape index (κ3) is 2.56. The van der Waals surface area contributed by atoms with Crippen molar-refractivity contribution in [2.75, 3.05) is 7.11 Å². The minimum absolute atomic E-state index is 0.0363. The van der Waals surface area contributed by atoms with Crippen molar-refractivity contribution in [2.24, 2.45) is 0 Å². The average Bonchev–Trinajstić information content (AvgIpc) is 2.97. The first-order valence-corrected chi connectivity index (χ1v) is 6.26. The fourth-order valence-corrected chi connectivity index (χ4v) is 2.54. The topological polar surface area (TPSA) is 69.4 Å². The molecule has 0 spiro atoms. The number of carbonyl (C=O) groups is 2. The lowest BCUT2D eigenvalue weighted by Crippen LogP contribution is -2.12. The number of nitrogens with zero attached hydrogens (tertiary/aromatic N) is 1. The number of Topliss-reactive ketones (excluding diaryl/α,β-unsaturated/α-hetero) is 1. The van der Waals surface area contributed by atoms with Crippen molar-refractivity contribution in [1.29, 1.82) is 0 Å². The zero-order valence-electron chi connectivity index (χ0n) is 10.1. The SMILES string of the molecule is COC(=O)CC(=O)c1c(C2CCCC2)noc1Cl. The van der Waals surface area contributed by atoms with Crippen molar-refractivity contribution in [3.8, 4) is 0 Å². The lowest BCUT2D eigenvalue weighted by molar-refractivity contribution is -0.139. The van der Waals surface area contributed by atoms with Crippen molar-refractivity contribution >= 4 is 23.4 Å². The van der Waals surface area contributed by atoms with E-state index in [1.54, 1.807) is 0 Å². The Kier molecular flexibility index (Phi) is 4.01. The molecule has 18 heavy (non-hydrogen) atoms. The number of aromatic nitrogens is 1. The summed E-state index contributed by atoms with van der Waals surface area (Å²) in [6, 6.07) is 0. The third-order valence-corrected chi connectivity index (χ3v) is 3.49. The molecule has 98 valence electrons. The van der Waals surface area contributed by atoms with Crippen molar-refractivity contribution in [3.63, 3.8) is 0 Å². The van der Waals surface area contributed by atoms with Gasteiger partial charge in [0.25, 0.3) is 0 Å². The standard InChI is InChI=1S/C12H14ClNO4/c1-17-9(16)6-8(15)10-11(14-18-12(10)13)7-4-2-3-5-7/h7H,2-6H2,1H3. The molecule has 1 aliphatic rings. The zero-order chi connectivity index (χ0) is 13.1. The van der Waals surface area contributed by atoms with Gasteiger partial charge in [0.1, 0.15) is 12.0 Å². The number of carbonyl (C=O) groups excluding carboxylic acids is 2. The molecular weight excluding hydrogens is 258 g/mol. The van der Waals surface area contributed by atoms with E-state index in [0.717, 1.165) is 25.7 Å². The van der Waals surface area contributed by atoms with Gasteiger partial charge in [-0.1, -0.05) is 18.0 Å². The van der Waals surface area contributed by atoms with E-state index in [-0.39, 0.29) is 23.1 Å². The van der Waals surface area contributed by atoms with Crippen LogP contribution < -0.4 is 0 Å². The van der Waals surface area contributed by atoms with Crippen molar-refractivity contribution < 1.29 is 18.8 Å². The summed E-state index contributed by atoms with van der Waals surface area (Å²) in [6.07, 6.45) is 3.83. The zero-order valence-corrected chi connectivity index (χ0v) is 10.8. The summed E-state index contributed by atoms with van der Waals surface area (Å²) in [5, 5.41) is 3.84. The first kappa shape index (κ1) is 13.1. The van der Waals surface area contributed by atoms with Crippen LogP contribution in [0.15, 0.2) is 4.52 Å². The smallest absolute Gasteiger partial charge is 0.313 e. The van der Waals surface area contributed by atoms with E-state index in [2.05, 4.69) is 9.89 Å². The molecule has 0 aliphatic heterocycles. The lowest BCUT2D eigenvalue weighted by atomic mass is 9.97. The van der Waals surface area contributed by atoms with E-state index >= 15 is 0 Å². The van der Waals surface area contributed by atoms with Gasteiger partial charge in [0.15, 0.2) is 5.78 Å². The Labute approximate surface area is 109 Å². The van der Waals surface area contributed by atoms with Crippen LogP contribution in [0.3, 0.4) is 0 Å². The molecule has 0 amide bonds. The molecule has 0 atom stereocenters. The number of ether oxygens (including phenoxy) is 1. The summed E-state index contributed by atoms with van der Waals surface area (Å²) in [5.74, 6) is -0.775. The number of ketones is 1. The summed E-state index contributed by atoms with van der Waals surface area (Å²) < 4.78 is 9.36. The van der Waals surface area contributed by atoms with Crippen LogP contribution in [0.2, 0.25) is 5.22 Å². The number of hydrogen-bond acceptors (Lipinski definition) is 5. The van der Waals surface area contributed by atoms with Crippen LogP contribution in [-0.2, 0) is 9.53 Å². The highest BCUT2D eigenvalue weighted by atomic mass is 35.5. The van der Waals surface area contributed by atoms with E-state index in [1.165, 1.54) is 7.11 Å². The van der Waals surface area contributed by atoms with E-state index in [4.69, 9.17) is 16.1 Å². The summed E-state index contributed by atoms with van der Waals surface area (Å²) in [7, 11) is 1.24. The largest absolute Gasteiger partial charge is 0.469 e. The molecule has 5 nitrogen and oxygen atoms in total. The van der Waals surface area contributed by atoms with Crippen LogP contribution in [0.4, 0.5) is 0 Å². The summed E-state index contributed by atoms with van der Waals surface area (Å²) >= 11 is 5.84. The number of rotatable bonds is 4. The second-order valence-electron chi connectivity index (χ2n) is 4.37. The fraction of sp³-hybridized carbons (Fsp3) is 0.583. The number of esters is 1. The third-order valence-electron chi connectivity index (χ3n) is 3.23. The van der Waals surface area contributed by atoms with Crippen LogP contribution >= 0.6 is 11.6 Å². The maximum Gasteiger partial charge on any atom is 0.313 e. The van der Waals surface area contributed by atoms with Crippen LogP contribution in [0.1, 0.15) is 54.1 Å². The summed E-state index contributed by atoms with van der Waals surface area (Å²) in [5.41, 5.74) is 0.834. The Hall–Kier alpha value is -1.36. The molecule has 1 heterocycles. The van der Waals surface area contributed by atoms with Crippen LogP contribution in [0.5, 0.6) is 0 Å². The molecule has 0 aromatic carbocycles. The molecule has 0 radical (unpaired) electrons. The van der Waals surface area contributed by atoms with E-state index in [0.29, 0.717) is 5.69 Å². The van der Waals surface area contributed by atoms with Gasteiger partial charge in [-0.15, -0.1) is 0 Å². The van der Waals surface area contributed by atoms with E-state index in [1.807, 2.05) is 0 Å². The van der Waals surface area contributed by atoms with Gasteiger partial charge in [0, 0.05) is 5.92 Å². The van der Waals surface area contributed by atoms with Crippen molar-refractivity contribution in [3.05, 3.63) is 16.5 Å². The van der Waals surface area contributed by atoms with E-state index < -0.39 is 11.8 Å². The molecular formula is C12H14ClNO4. The predicted molar refractivity (Wildman–Crippen MR) is 63.7 cm³/mol. The molecule has 1 fully saturated rings. The molecule has 1 aromatic rings. The molecule has 1 saturated carbocycles. The maximum atomic E-state index is 12.0.